The number of allylic oxidation sites excluding steroid dienone is 2. The van der Waals surface area contributed by atoms with Crippen LogP contribution in [0.1, 0.15) is 63.1 Å². The van der Waals surface area contributed by atoms with Crippen LogP contribution in [0.4, 0.5) is 34.1 Å². The highest BCUT2D eigenvalue weighted by Gasteiger charge is 2.24. The summed E-state index contributed by atoms with van der Waals surface area (Å²) in [6.45, 7) is 20.2. The molecule has 0 bridgehead atoms. The number of anilines is 4. The molecule has 0 spiro atoms. The Labute approximate surface area is 433 Å². The molecule has 390 valence electrons. The van der Waals surface area contributed by atoms with Crippen LogP contribution in [0.2, 0.25) is 0 Å². The summed E-state index contributed by atoms with van der Waals surface area (Å²) < 4.78 is 28.8. The molecule has 1 aliphatic rings. The molecule has 0 radical (unpaired) electrons. The molecule has 15 nitrogen and oxygen atoms in total. The quantitative estimate of drug-likeness (QED) is 0.0142. The predicted molar refractivity (Wildman–Crippen MR) is 298 cm³/mol. The highest BCUT2D eigenvalue weighted by molar-refractivity contribution is 6.44. The van der Waals surface area contributed by atoms with Gasteiger partial charge >= 0.3 is 11.9 Å². The van der Waals surface area contributed by atoms with Gasteiger partial charge in [0.05, 0.1) is 66.1 Å². The van der Waals surface area contributed by atoms with Crippen molar-refractivity contribution in [3.05, 3.63) is 132 Å². The molecule has 15 heteroatoms. The lowest BCUT2D eigenvalue weighted by Crippen LogP contribution is -2.73. The SMILES string of the molecule is C=C(C=Cc1ccccc1[NH2+]C)C(=NN(C)c1ccc(N(CC)CCc2ccc([NH2+]C)c(C=CC(=C)C(=NN(C)c3cc(OCCCC)c(N4CCOCC4)cc3OCCCC)C(=O)OC)c2)cc1)C(=O)OC. The van der Waals surface area contributed by atoms with Gasteiger partial charge in [0.1, 0.15) is 28.6 Å². The van der Waals surface area contributed by atoms with Crippen molar-refractivity contribution in [1.82, 2.24) is 0 Å². The zero-order chi connectivity index (χ0) is 52.7. The fraction of sp³-hybridized carbons (Fsp3) is 0.379. The number of morpholine rings is 1. The minimum Gasteiger partial charge on any atom is -0.491 e. The lowest BCUT2D eigenvalue weighted by Gasteiger charge is -2.31. The first kappa shape index (κ1) is 56.7. The number of para-hydroxylation sites is 1. The van der Waals surface area contributed by atoms with Gasteiger partial charge in [-0.3, -0.25) is 10.0 Å². The zero-order valence-corrected chi connectivity index (χ0v) is 44.6. The van der Waals surface area contributed by atoms with Gasteiger partial charge < -0.3 is 44.1 Å². The number of hydrogen-bond acceptors (Lipinski definition) is 13. The van der Waals surface area contributed by atoms with Crippen molar-refractivity contribution in [3.8, 4) is 11.5 Å². The van der Waals surface area contributed by atoms with Crippen LogP contribution in [0.3, 0.4) is 0 Å². The number of methoxy groups -OCH3 is 2. The number of carbonyl (C=O) groups excluding carboxylic acids is 2. The average molecular weight is 999 g/mol. The van der Waals surface area contributed by atoms with Gasteiger partial charge in [0, 0.05) is 80.4 Å². The van der Waals surface area contributed by atoms with E-state index in [9.17, 15) is 9.59 Å². The van der Waals surface area contributed by atoms with Crippen LogP contribution in [0, 0.1) is 0 Å². The molecule has 73 heavy (non-hydrogen) atoms. The number of esters is 2. The second kappa shape index (κ2) is 29.3. The number of nitrogens with two attached hydrogens (primary N) is 2. The van der Waals surface area contributed by atoms with E-state index >= 15 is 0 Å². The van der Waals surface area contributed by atoms with Crippen molar-refractivity contribution in [2.75, 3.05) is 115 Å². The molecule has 0 aromatic heterocycles. The van der Waals surface area contributed by atoms with Gasteiger partial charge in [-0.2, -0.15) is 10.2 Å². The molecule has 0 unspecified atom stereocenters. The highest BCUT2D eigenvalue weighted by Crippen LogP contribution is 2.41. The van der Waals surface area contributed by atoms with Gasteiger partial charge in [0.15, 0.2) is 11.4 Å². The largest absolute Gasteiger partial charge is 0.491 e. The van der Waals surface area contributed by atoms with Gasteiger partial charge in [0.25, 0.3) is 0 Å². The van der Waals surface area contributed by atoms with Crippen LogP contribution in [0.25, 0.3) is 12.2 Å². The van der Waals surface area contributed by atoms with E-state index in [1.807, 2.05) is 86.2 Å². The summed E-state index contributed by atoms with van der Waals surface area (Å²) in [7, 11) is 10.2. The van der Waals surface area contributed by atoms with Gasteiger partial charge in [-0.25, -0.2) is 9.59 Å². The van der Waals surface area contributed by atoms with E-state index in [1.165, 1.54) is 14.2 Å². The van der Waals surface area contributed by atoms with Gasteiger partial charge in [0.2, 0.25) is 0 Å². The summed E-state index contributed by atoms with van der Waals surface area (Å²) in [6.07, 6.45) is 12.0. The molecule has 5 rings (SSSR count). The number of benzene rings is 4. The van der Waals surface area contributed by atoms with Crippen molar-refractivity contribution >= 4 is 69.6 Å². The first-order valence-corrected chi connectivity index (χ1v) is 25.4. The molecule has 4 N–H and O–H groups in total. The summed E-state index contributed by atoms with van der Waals surface area (Å²) in [5, 5.41) is 16.8. The van der Waals surface area contributed by atoms with E-state index < -0.39 is 11.9 Å². The number of unbranched alkanes of at least 4 members (excludes halogenated alkanes) is 2. The first-order chi connectivity index (χ1) is 35.4. The molecule has 4 aromatic rings. The Balaban J connectivity index is 1.33. The van der Waals surface area contributed by atoms with E-state index in [0.29, 0.717) is 49.0 Å². The fourth-order valence-corrected chi connectivity index (χ4v) is 8.07. The normalized spacial score (nSPS) is 13.0. The molecule has 0 amide bonds. The maximum atomic E-state index is 13.4. The minimum absolute atomic E-state index is 0.0574. The second-order valence-electron chi connectivity index (χ2n) is 17.5. The molecule has 1 heterocycles. The molecule has 1 saturated heterocycles. The standard InChI is InChI=1S/C58H76N8O7/c1-12-15-35-72-53-41-52(66-33-37-71-38-34-66)54(73-36-16-13-2)40-51(53)64(9)62-56(58(68)70-11)43(5)22-25-46-39-44(23-30-50(46)60-7)31-32-65(14-3)48-28-26-47(27-29-48)63(8)61-55(57(67)69-10)42(4)21-24-45-19-17-18-20-49(45)59-6/h17-30,39-41,59-60H,4-5,12-16,31-38H2,1-3,6-11H3/p+2. The number of rotatable bonds is 28. The van der Waals surface area contributed by atoms with E-state index in [2.05, 4.69) is 84.5 Å². The predicted octanol–water partition coefficient (Wildman–Crippen LogP) is 8.07. The topological polar surface area (TPSA) is 151 Å². The molecule has 1 fully saturated rings. The number of nitrogens with zero attached hydrogens (tertiary/aromatic N) is 6. The van der Waals surface area contributed by atoms with Crippen LogP contribution in [-0.4, -0.2) is 118 Å². The summed E-state index contributed by atoms with van der Waals surface area (Å²) in [6, 6.07) is 26.5. The number of hydrazone groups is 2. The molecule has 0 aliphatic carbocycles. The van der Waals surface area contributed by atoms with Crippen molar-refractivity contribution in [2.24, 2.45) is 10.2 Å². The van der Waals surface area contributed by atoms with Crippen LogP contribution in [0.15, 0.2) is 126 Å². The Morgan fingerprint density at radius 2 is 1.27 bits per heavy atom. The maximum Gasteiger partial charge on any atom is 0.359 e. The lowest BCUT2D eigenvalue weighted by molar-refractivity contribution is -0.539. The van der Waals surface area contributed by atoms with Crippen molar-refractivity contribution < 1.29 is 43.9 Å². The Morgan fingerprint density at radius 1 is 0.712 bits per heavy atom. The monoisotopic (exact) mass is 999 g/mol. The number of likely N-dealkylation sites (N-methyl/N-ethyl adjacent to an activating group) is 1. The van der Waals surface area contributed by atoms with Crippen molar-refractivity contribution in [2.45, 2.75) is 52.9 Å². The van der Waals surface area contributed by atoms with E-state index in [4.69, 9.17) is 28.8 Å². The molecule has 1 aliphatic heterocycles. The third kappa shape index (κ3) is 16.1. The maximum absolute atomic E-state index is 13.4. The smallest absolute Gasteiger partial charge is 0.359 e. The van der Waals surface area contributed by atoms with Gasteiger partial charge in [-0.1, -0.05) is 70.2 Å². The molecular formula is C58H78N8O7+2. The summed E-state index contributed by atoms with van der Waals surface area (Å²) >= 11 is 0. The van der Waals surface area contributed by atoms with Crippen LogP contribution in [-0.2, 0) is 30.2 Å². The fourth-order valence-electron chi connectivity index (χ4n) is 8.07. The van der Waals surface area contributed by atoms with E-state index in [1.54, 1.807) is 30.2 Å². The lowest BCUT2D eigenvalue weighted by atomic mass is 10.0. The number of carbonyl (C=O) groups is 2. The van der Waals surface area contributed by atoms with E-state index in [0.717, 1.165) is 109 Å². The molecule has 4 aromatic carbocycles. The zero-order valence-electron chi connectivity index (χ0n) is 44.6. The van der Waals surface area contributed by atoms with Crippen molar-refractivity contribution in [1.29, 1.82) is 0 Å². The Bertz CT molecular complexity index is 2600. The summed E-state index contributed by atoms with van der Waals surface area (Å²) in [4.78, 5) is 30.9. The number of ether oxygens (including phenoxy) is 5. The average Bonchev–Trinajstić information content (AvgIpc) is 3.42. The third-order valence-electron chi connectivity index (χ3n) is 12.5. The Kier molecular flexibility index (Phi) is 22.8. The first-order valence-electron chi connectivity index (χ1n) is 25.4. The highest BCUT2D eigenvalue weighted by atomic mass is 16.5. The molecular weight excluding hydrogens is 921 g/mol. The number of quaternary nitrogens is 2. The number of hydrogen-bond donors (Lipinski definition) is 2. The van der Waals surface area contributed by atoms with Crippen molar-refractivity contribution in [3.63, 3.8) is 0 Å². The Hall–Kier alpha value is -7.20. The van der Waals surface area contributed by atoms with Crippen LogP contribution < -0.4 is 39.9 Å². The van der Waals surface area contributed by atoms with Crippen LogP contribution >= 0.6 is 0 Å². The molecule has 0 saturated carbocycles. The summed E-state index contributed by atoms with van der Waals surface area (Å²) in [5.41, 5.74) is 9.66. The minimum atomic E-state index is -0.615. The van der Waals surface area contributed by atoms with Crippen LogP contribution in [0.5, 0.6) is 11.5 Å². The third-order valence-corrected chi connectivity index (χ3v) is 12.5. The second-order valence-corrected chi connectivity index (χ2v) is 17.5. The Morgan fingerprint density at radius 3 is 1.86 bits per heavy atom. The van der Waals surface area contributed by atoms with E-state index in [-0.39, 0.29) is 11.4 Å². The van der Waals surface area contributed by atoms with Gasteiger partial charge in [-0.15, -0.1) is 0 Å². The summed E-state index contributed by atoms with van der Waals surface area (Å²) in [5.74, 6) is 0.166. The molecule has 0 atom stereocenters. The van der Waals surface area contributed by atoms with Gasteiger partial charge in [-0.05, 0) is 92.4 Å².